The van der Waals surface area contributed by atoms with E-state index >= 15 is 0 Å². The van der Waals surface area contributed by atoms with Crippen molar-refractivity contribution in [3.05, 3.63) is 35.4 Å². The van der Waals surface area contributed by atoms with Crippen LogP contribution in [0.5, 0.6) is 0 Å². The predicted molar refractivity (Wildman–Crippen MR) is 68.6 cm³/mol. The topological polar surface area (TPSA) is 32.3 Å². The summed E-state index contributed by atoms with van der Waals surface area (Å²) in [4.78, 5) is 0. The van der Waals surface area contributed by atoms with Gasteiger partial charge in [0.2, 0.25) is 0 Å². The lowest BCUT2D eigenvalue weighted by atomic mass is 10.00. The number of aliphatic hydroxyl groups is 1. The summed E-state index contributed by atoms with van der Waals surface area (Å²) in [5.74, 6) is 0. The van der Waals surface area contributed by atoms with Gasteiger partial charge in [-0.2, -0.15) is 0 Å². The Morgan fingerprint density at radius 2 is 1.94 bits per heavy atom. The maximum Gasteiger partial charge on any atom is 0.0431 e. The second kappa shape index (κ2) is 7.42. The standard InChI is InChI=1S/C14H23NO/c1-3-5-12-7-9-13(10-8-12)14(15-2)6-4-11-16/h7-10,14-16H,3-6,11H2,1-2H3. The lowest BCUT2D eigenvalue weighted by Crippen LogP contribution is -2.16. The third kappa shape index (κ3) is 3.95. The number of aryl methyl sites for hydroxylation is 1. The average molecular weight is 221 g/mol. The van der Waals surface area contributed by atoms with Gasteiger partial charge in [-0.15, -0.1) is 0 Å². The number of hydrogen-bond donors (Lipinski definition) is 2. The summed E-state index contributed by atoms with van der Waals surface area (Å²) < 4.78 is 0. The smallest absolute Gasteiger partial charge is 0.0431 e. The third-order valence-electron chi connectivity index (χ3n) is 2.92. The summed E-state index contributed by atoms with van der Waals surface area (Å²) in [5.41, 5.74) is 2.72. The van der Waals surface area contributed by atoms with Crippen LogP contribution in [-0.4, -0.2) is 18.8 Å². The van der Waals surface area contributed by atoms with E-state index in [1.807, 2.05) is 7.05 Å². The summed E-state index contributed by atoms with van der Waals surface area (Å²) in [6, 6.07) is 9.18. The Morgan fingerprint density at radius 1 is 1.25 bits per heavy atom. The maximum atomic E-state index is 8.84. The van der Waals surface area contributed by atoms with Crippen molar-refractivity contribution in [1.82, 2.24) is 5.32 Å². The van der Waals surface area contributed by atoms with Gasteiger partial charge in [-0.3, -0.25) is 0 Å². The third-order valence-corrected chi connectivity index (χ3v) is 2.92. The molecule has 16 heavy (non-hydrogen) atoms. The first-order valence-electron chi connectivity index (χ1n) is 6.18. The fourth-order valence-electron chi connectivity index (χ4n) is 1.98. The molecule has 0 radical (unpaired) electrons. The molecule has 2 heteroatoms. The number of benzene rings is 1. The van der Waals surface area contributed by atoms with Crippen LogP contribution in [0.15, 0.2) is 24.3 Å². The molecule has 1 aromatic carbocycles. The van der Waals surface area contributed by atoms with Crippen molar-refractivity contribution in [2.75, 3.05) is 13.7 Å². The molecule has 90 valence electrons. The van der Waals surface area contributed by atoms with Gasteiger partial charge in [0.25, 0.3) is 0 Å². The van der Waals surface area contributed by atoms with Gasteiger partial charge in [-0.1, -0.05) is 37.6 Å². The number of nitrogens with one attached hydrogen (secondary N) is 1. The molecule has 0 heterocycles. The van der Waals surface area contributed by atoms with Crippen LogP contribution in [-0.2, 0) is 6.42 Å². The summed E-state index contributed by atoms with van der Waals surface area (Å²) in [5, 5.41) is 12.1. The predicted octanol–water partition coefficient (Wildman–Crippen LogP) is 2.67. The van der Waals surface area contributed by atoms with Gasteiger partial charge in [0.05, 0.1) is 0 Å². The van der Waals surface area contributed by atoms with E-state index in [-0.39, 0.29) is 6.61 Å². The van der Waals surface area contributed by atoms with E-state index in [1.165, 1.54) is 17.5 Å². The molecule has 1 atom stereocenters. The van der Waals surface area contributed by atoms with Crippen molar-refractivity contribution in [3.63, 3.8) is 0 Å². The Bertz CT molecular complexity index is 281. The van der Waals surface area contributed by atoms with Crippen LogP contribution in [0.2, 0.25) is 0 Å². The molecule has 0 aliphatic rings. The number of hydrogen-bond acceptors (Lipinski definition) is 2. The molecule has 0 amide bonds. The fourth-order valence-corrected chi connectivity index (χ4v) is 1.98. The van der Waals surface area contributed by atoms with Crippen molar-refractivity contribution >= 4 is 0 Å². The van der Waals surface area contributed by atoms with E-state index in [1.54, 1.807) is 0 Å². The molecule has 0 bridgehead atoms. The van der Waals surface area contributed by atoms with Gasteiger partial charge >= 0.3 is 0 Å². The van der Waals surface area contributed by atoms with Gasteiger partial charge in [0.1, 0.15) is 0 Å². The monoisotopic (exact) mass is 221 g/mol. The molecule has 0 fully saturated rings. The second-order valence-electron chi connectivity index (χ2n) is 4.20. The summed E-state index contributed by atoms with van der Waals surface area (Å²) in [6.45, 7) is 2.47. The number of aliphatic hydroxyl groups excluding tert-OH is 1. The van der Waals surface area contributed by atoms with Crippen molar-refractivity contribution in [1.29, 1.82) is 0 Å². The molecule has 2 N–H and O–H groups in total. The minimum absolute atomic E-state index is 0.270. The lowest BCUT2D eigenvalue weighted by molar-refractivity contribution is 0.276. The van der Waals surface area contributed by atoms with Crippen molar-refractivity contribution in [2.45, 2.75) is 38.6 Å². The minimum Gasteiger partial charge on any atom is -0.396 e. The quantitative estimate of drug-likeness (QED) is 0.742. The first kappa shape index (κ1) is 13.2. The maximum absolute atomic E-state index is 8.84. The Kier molecular flexibility index (Phi) is 6.12. The molecule has 0 aliphatic carbocycles. The molecule has 0 saturated heterocycles. The summed E-state index contributed by atoms with van der Waals surface area (Å²) in [6.07, 6.45) is 4.18. The van der Waals surface area contributed by atoms with Crippen LogP contribution in [0.3, 0.4) is 0 Å². The van der Waals surface area contributed by atoms with E-state index < -0.39 is 0 Å². The van der Waals surface area contributed by atoms with Gasteiger partial charge in [-0.25, -0.2) is 0 Å². The van der Waals surface area contributed by atoms with E-state index in [2.05, 4.69) is 36.5 Å². The molecular weight excluding hydrogens is 198 g/mol. The molecular formula is C14H23NO. The second-order valence-corrected chi connectivity index (χ2v) is 4.20. The largest absolute Gasteiger partial charge is 0.396 e. The van der Waals surface area contributed by atoms with Gasteiger partial charge in [0.15, 0.2) is 0 Å². The molecule has 0 saturated carbocycles. The van der Waals surface area contributed by atoms with Crippen LogP contribution in [0, 0.1) is 0 Å². The highest BCUT2D eigenvalue weighted by Crippen LogP contribution is 2.18. The van der Waals surface area contributed by atoms with E-state index in [4.69, 9.17) is 5.11 Å². The summed E-state index contributed by atoms with van der Waals surface area (Å²) >= 11 is 0. The Balaban J connectivity index is 2.62. The van der Waals surface area contributed by atoms with Crippen LogP contribution in [0.25, 0.3) is 0 Å². The zero-order chi connectivity index (χ0) is 11.8. The Hall–Kier alpha value is -0.860. The van der Waals surface area contributed by atoms with E-state index in [0.717, 1.165) is 19.3 Å². The Morgan fingerprint density at radius 3 is 2.44 bits per heavy atom. The van der Waals surface area contributed by atoms with Crippen molar-refractivity contribution in [2.24, 2.45) is 0 Å². The van der Waals surface area contributed by atoms with Crippen LogP contribution >= 0.6 is 0 Å². The van der Waals surface area contributed by atoms with Gasteiger partial charge in [0, 0.05) is 12.6 Å². The highest BCUT2D eigenvalue weighted by atomic mass is 16.2. The lowest BCUT2D eigenvalue weighted by Gasteiger charge is -2.16. The number of rotatable bonds is 7. The van der Waals surface area contributed by atoms with Gasteiger partial charge < -0.3 is 10.4 Å². The molecule has 1 rings (SSSR count). The van der Waals surface area contributed by atoms with Crippen LogP contribution < -0.4 is 5.32 Å². The zero-order valence-electron chi connectivity index (χ0n) is 10.4. The van der Waals surface area contributed by atoms with Crippen molar-refractivity contribution < 1.29 is 5.11 Å². The molecule has 1 aromatic rings. The first-order chi connectivity index (χ1) is 7.81. The van der Waals surface area contributed by atoms with Crippen LogP contribution in [0.4, 0.5) is 0 Å². The summed E-state index contributed by atoms with van der Waals surface area (Å²) in [7, 11) is 1.97. The minimum atomic E-state index is 0.270. The Labute approximate surface area is 98.7 Å². The highest BCUT2D eigenvalue weighted by molar-refractivity contribution is 5.25. The fraction of sp³-hybridized carbons (Fsp3) is 0.571. The van der Waals surface area contributed by atoms with E-state index in [0.29, 0.717) is 6.04 Å². The average Bonchev–Trinajstić information content (AvgIpc) is 2.32. The molecule has 2 nitrogen and oxygen atoms in total. The van der Waals surface area contributed by atoms with E-state index in [9.17, 15) is 0 Å². The van der Waals surface area contributed by atoms with Crippen LogP contribution in [0.1, 0.15) is 43.4 Å². The highest BCUT2D eigenvalue weighted by Gasteiger charge is 2.07. The molecule has 0 aliphatic heterocycles. The molecule has 0 aromatic heterocycles. The van der Waals surface area contributed by atoms with Crippen molar-refractivity contribution in [3.8, 4) is 0 Å². The first-order valence-corrected chi connectivity index (χ1v) is 6.18. The normalized spacial score (nSPS) is 12.7. The zero-order valence-corrected chi connectivity index (χ0v) is 10.4. The molecule has 1 unspecified atom stereocenters. The SMILES string of the molecule is CCCc1ccc(C(CCCO)NC)cc1. The van der Waals surface area contributed by atoms with Gasteiger partial charge in [-0.05, 0) is 37.4 Å². The molecule has 0 spiro atoms.